The Balaban J connectivity index is 2.16. The first kappa shape index (κ1) is 12.4. The molecule has 3 N–H and O–H groups in total. The summed E-state index contributed by atoms with van der Waals surface area (Å²) in [6.07, 6.45) is 4.21. The number of benzene rings is 1. The molecule has 0 amide bonds. The van der Waals surface area contributed by atoms with Crippen molar-refractivity contribution in [3.8, 4) is 5.75 Å². The molecule has 0 bridgehead atoms. The monoisotopic (exact) mass is 235 g/mol. The molecule has 0 saturated carbocycles. The molecule has 3 nitrogen and oxygen atoms in total. The summed E-state index contributed by atoms with van der Waals surface area (Å²) in [6.45, 7) is 2.26. The topological polar surface area (TPSA) is 52.5 Å². The van der Waals surface area contributed by atoms with E-state index in [-0.39, 0.29) is 12.6 Å². The molecule has 1 aliphatic carbocycles. The van der Waals surface area contributed by atoms with Crippen molar-refractivity contribution in [2.75, 3.05) is 6.61 Å². The van der Waals surface area contributed by atoms with Gasteiger partial charge in [-0.05, 0) is 48.9 Å². The minimum Gasteiger partial charge on any atom is -0.508 e. The zero-order valence-corrected chi connectivity index (χ0v) is 10.3. The van der Waals surface area contributed by atoms with Crippen LogP contribution < -0.4 is 5.32 Å². The summed E-state index contributed by atoms with van der Waals surface area (Å²) < 4.78 is 0. The molecular formula is C14H21NO2. The van der Waals surface area contributed by atoms with Crippen molar-refractivity contribution >= 4 is 0 Å². The van der Waals surface area contributed by atoms with Gasteiger partial charge >= 0.3 is 0 Å². The summed E-state index contributed by atoms with van der Waals surface area (Å²) in [4.78, 5) is 0. The van der Waals surface area contributed by atoms with Crippen molar-refractivity contribution < 1.29 is 10.2 Å². The van der Waals surface area contributed by atoms with Crippen LogP contribution in [0.15, 0.2) is 18.2 Å². The summed E-state index contributed by atoms with van der Waals surface area (Å²) in [5.41, 5.74) is 2.52. The van der Waals surface area contributed by atoms with Crippen LogP contribution in [0.3, 0.4) is 0 Å². The molecule has 0 fully saturated rings. The Morgan fingerprint density at radius 3 is 3.00 bits per heavy atom. The standard InChI is InChI=1S/C14H21NO2/c1-2-11(9-16)15-14-5-3-4-10-8-12(17)6-7-13(10)14/h6-8,11,14-17H,2-5,9H2,1H3. The smallest absolute Gasteiger partial charge is 0.115 e. The van der Waals surface area contributed by atoms with Crippen LogP contribution in [0.5, 0.6) is 5.75 Å². The predicted octanol–water partition coefficient (Wildman–Crippen LogP) is 2.13. The maximum absolute atomic E-state index is 9.49. The number of aliphatic hydroxyl groups is 1. The zero-order chi connectivity index (χ0) is 12.3. The fourth-order valence-corrected chi connectivity index (χ4v) is 2.56. The van der Waals surface area contributed by atoms with E-state index >= 15 is 0 Å². The van der Waals surface area contributed by atoms with Gasteiger partial charge in [0.05, 0.1) is 6.61 Å². The molecule has 17 heavy (non-hydrogen) atoms. The number of phenolic OH excluding ortho intramolecular Hbond substituents is 1. The molecule has 2 atom stereocenters. The second-order valence-electron chi connectivity index (χ2n) is 4.78. The third-order valence-electron chi connectivity index (χ3n) is 3.59. The summed E-state index contributed by atoms with van der Waals surface area (Å²) in [5, 5.41) is 22.2. The van der Waals surface area contributed by atoms with Gasteiger partial charge in [0.15, 0.2) is 0 Å². The van der Waals surface area contributed by atoms with Gasteiger partial charge < -0.3 is 15.5 Å². The summed E-state index contributed by atoms with van der Waals surface area (Å²) in [6, 6.07) is 6.10. The number of fused-ring (bicyclic) bond motifs is 1. The fraction of sp³-hybridized carbons (Fsp3) is 0.571. The number of nitrogens with one attached hydrogen (secondary N) is 1. The lowest BCUT2D eigenvalue weighted by Crippen LogP contribution is -2.36. The lowest BCUT2D eigenvalue weighted by molar-refractivity contribution is 0.223. The molecule has 0 saturated heterocycles. The minimum absolute atomic E-state index is 0.166. The molecule has 0 spiro atoms. The Labute approximate surface area is 102 Å². The van der Waals surface area contributed by atoms with Gasteiger partial charge in [0.25, 0.3) is 0 Å². The molecule has 0 radical (unpaired) electrons. The van der Waals surface area contributed by atoms with E-state index in [4.69, 9.17) is 0 Å². The van der Waals surface area contributed by atoms with Gasteiger partial charge in [-0.25, -0.2) is 0 Å². The van der Waals surface area contributed by atoms with Gasteiger partial charge in [-0.3, -0.25) is 0 Å². The van der Waals surface area contributed by atoms with Crippen LogP contribution in [0, 0.1) is 0 Å². The maximum Gasteiger partial charge on any atom is 0.115 e. The highest BCUT2D eigenvalue weighted by Gasteiger charge is 2.22. The zero-order valence-electron chi connectivity index (χ0n) is 10.3. The molecule has 0 heterocycles. The summed E-state index contributed by atoms with van der Waals surface area (Å²) >= 11 is 0. The Morgan fingerprint density at radius 1 is 1.47 bits per heavy atom. The number of hydrogen-bond acceptors (Lipinski definition) is 3. The fourth-order valence-electron chi connectivity index (χ4n) is 2.56. The van der Waals surface area contributed by atoms with Crippen molar-refractivity contribution in [3.63, 3.8) is 0 Å². The quantitative estimate of drug-likeness (QED) is 0.749. The maximum atomic E-state index is 9.49. The number of aliphatic hydroxyl groups excluding tert-OH is 1. The molecule has 1 aliphatic rings. The van der Waals surface area contributed by atoms with E-state index in [0.29, 0.717) is 11.8 Å². The van der Waals surface area contributed by atoms with Gasteiger partial charge in [-0.15, -0.1) is 0 Å². The SMILES string of the molecule is CCC(CO)NC1CCCc2cc(O)ccc21. The second-order valence-corrected chi connectivity index (χ2v) is 4.78. The molecule has 0 aromatic heterocycles. The lowest BCUT2D eigenvalue weighted by Gasteiger charge is -2.29. The van der Waals surface area contributed by atoms with Crippen LogP contribution >= 0.6 is 0 Å². The first-order chi connectivity index (χ1) is 8.24. The molecule has 1 aromatic carbocycles. The van der Waals surface area contributed by atoms with Crippen LogP contribution in [0.4, 0.5) is 0 Å². The summed E-state index contributed by atoms with van der Waals surface area (Å²) in [7, 11) is 0. The van der Waals surface area contributed by atoms with Crippen molar-refractivity contribution in [1.29, 1.82) is 0 Å². The molecule has 1 aromatic rings. The third-order valence-corrected chi connectivity index (χ3v) is 3.59. The Bertz CT molecular complexity index is 374. The van der Waals surface area contributed by atoms with Gasteiger partial charge in [-0.1, -0.05) is 13.0 Å². The minimum atomic E-state index is 0.166. The lowest BCUT2D eigenvalue weighted by atomic mass is 9.87. The number of aromatic hydroxyl groups is 1. The normalized spacial score (nSPS) is 20.9. The Kier molecular flexibility index (Phi) is 4.02. The number of hydrogen-bond donors (Lipinski definition) is 3. The Morgan fingerprint density at radius 2 is 2.29 bits per heavy atom. The Hall–Kier alpha value is -1.06. The van der Waals surface area contributed by atoms with Crippen molar-refractivity contribution in [2.45, 2.75) is 44.7 Å². The van der Waals surface area contributed by atoms with E-state index in [1.54, 1.807) is 6.07 Å². The van der Waals surface area contributed by atoms with E-state index in [1.807, 2.05) is 12.1 Å². The largest absolute Gasteiger partial charge is 0.508 e. The van der Waals surface area contributed by atoms with Gasteiger partial charge in [0.1, 0.15) is 5.75 Å². The van der Waals surface area contributed by atoms with Crippen molar-refractivity contribution in [3.05, 3.63) is 29.3 Å². The highest BCUT2D eigenvalue weighted by atomic mass is 16.3. The van der Waals surface area contributed by atoms with Crippen molar-refractivity contribution in [2.24, 2.45) is 0 Å². The number of phenols is 1. The first-order valence-electron chi connectivity index (χ1n) is 6.43. The van der Waals surface area contributed by atoms with Crippen molar-refractivity contribution in [1.82, 2.24) is 5.32 Å². The van der Waals surface area contributed by atoms with Crippen LogP contribution in [0.2, 0.25) is 0 Å². The van der Waals surface area contributed by atoms with E-state index < -0.39 is 0 Å². The highest BCUT2D eigenvalue weighted by Crippen LogP contribution is 2.32. The number of rotatable bonds is 4. The first-order valence-corrected chi connectivity index (χ1v) is 6.43. The van der Waals surface area contributed by atoms with Gasteiger partial charge in [0, 0.05) is 12.1 Å². The van der Waals surface area contributed by atoms with E-state index in [0.717, 1.165) is 25.7 Å². The molecule has 3 heteroatoms. The van der Waals surface area contributed by atoms with Crippen LogP contribution in [-0.2, 0) is 6.42 Å². The van der Waals surface area contributed by atoms with E-state index in [2.05, 4.69) is 12.2 Å². The average Bonchev–Trinajstić information content (AvgIpc) is 2.35. The van der Waals surface area contributed by atoms with Crippen LogP contribution in [-0.4, -0.2) is 22.9 Å². The highest BCUT2D eigenvalue weighted by molar-refractivity contribution is 5.38. The van der Waals surface area contributed by atoms with Crippen LogP contribution in [0.1, 0.15) is 43.4 Å². The van der Waals surface area contributed by atoms with Gasteiger partial charge in [-0.2, -0.15) is 0 Å². The molecule has 2 unspecified atom stereocenters. The molecule has 2 rings (SSSR count). The average molecular weight is 235 g/mol. The van der Waals surface area contributed by atoms with Crippen LogP contribution in [0.25, 0.3) is 0 Å². The van der Waals surface area contributed by atoms with E-state index in [9.17, 15) is 10.2 Å². The molecule has 94 valence electrons. The summed E-state index contributed by atoms with van der Waals surface area (Å²) in [5.74, 6) is 0.346. The molecule has 0 aliphatic heterocycles. The number of aryl methyl sites for hydroxylation is 1. The van der Waals surface area contributed by atoms with Gasteiger partial charge in [0.2, 0.25) is 0 Å². The van der Waals surface area contributed by atoms with E-state index in [1.165, 1.54) is 11.1 Å². The second kappa shape index (κ2) is 5.52. The molecular weight excluding hydrogens is 214 g/mol. The predicted molar refractivity (Wildman–Crippen MR) is 68.1 cm³/mol. The third kappa shape index (κ3) is 2.79.